The average Bonchev–Trinajstić information content (AvgIpc) is 3.00. The van der Waals surface area contributed by atoms with E-state index < -0.39 is 0 Å². The van der Waals surface area contributed by atoms with E-state index in [1.165, 1.54) is 44.9 Å². The van der Waals surface area contributed by atoms with Crippen LogP contribution in [0.4, 0.5) is 5.95 Å². The third-order valence-electron chi connectivity index (χ3n) is 4.53. The minimum Gasteiger partial charge on any atom is -0.353 e. The zero-order valence-electron chi connectivity index (χ0n) is 10.7. The number of hydrogen-bond donors (Lipinski definition) is 1. The second-order valence-electron chi connectivity index (χ2n) is 5.76. The lowest BCUT2D eigenvalue weighted by atomic mass is 10.1. The van der Waals surface area contributed by atoms with Crippen LogP contribution in [0.25, 0.3) is 0 Å². The van der Waals surface area contributed by atoms with E-state index in [9.17, 15) is 0 Å². The molecule has 0 spiro atoms. The van der Waals surface area contributed by atoms with Crippen molar-refractivity contribution in [1.82, 2.24) is 9.55 Å². The molecule has 17 heavy (non-hydrogen) atoms. The lowest BCUT2D eigenvalue weighted by molar-refractivity contribution is 0.410. The summed E-state index contributed by atoms with van der Waals surface area (Å²) in [6, 6.07) is 1.33. The Kier molecular flexibility index (Phi) is 3.08. The highest BCUT2D eigenvalue weighted by Crippen LogP contribution is 2.37. The molecule has 0 aromatic carbocycles. The molecule has 1 N–H and O–H groups in total. The zero-order valence-corrected chi connectivity index (χ0v) is 10.7. The van der Waals surface area contributed by atoms with Crippen LogP contribution in [-0.2, 0) is 0 Å². The number of aromatic nitrogens is 2. The van der Waals surface area contributed by atoms with E-state index in [1.807, 2.05) is 6.20 Å². The van der Waals surface area contributed by atoms with E-state index in [4.69, 9.17) is 0 Å². The van der Waals surface area contributed by atoms with Gasteiger partial charge < -0.3 is 9.88 Å². The molecular weight excluding hydrogens is 210 g/mol. The molecule has 2 aliphatic rings. The van der Waals surface area contributed by atoms with E-state index in [0.29, 0.717) is 12.1 Å². The summed E-state index contributed by atoms with van der Waals surface area (Å²) in [7, 11) is 0. The normalized spacial score (nSPS) is 29.9. The van der Waals surface area contributed by atoms with E-state index in [2.05, 4.69) is 28.0 Å². The van der Waals surface area contributed by atoms with Gasteiger partial charge in [-0.1, -0.05) is 26.2 Å². The minimum atomic E-state index is 0.660. The highest BCUT2D eigenvalue weighted by atomic mass is 15.2. The van der Waals surface area contributed by atoms with Gasteiger partial charge >= 0.3 is 0 Å². The molecule has 0 bridgehead atoms. The Labute approximate surface area is 104 Å². The van der Waals surface area contributed by atoms with Crippen molar-refractivity contribution in [3.8, 4) is 0 Å². The van der Waals surface area contributed by atoms with Crippen LogP contribution < -0.4 is 5.32 Å². The molecule has 0 amide bonds. The fourth-order valence-electron chi connectivity index (χ4n) is 3.48. The summed E-state index contributed by atoms with van der Waals surface area (Å²) in [5.74, 6) is 1.91. The maximum absolute atomic E-state index is 4.51. The lowest BCUT2D eigenvalue weighted by Gasteiger charge is -2.22. The second-order valence-corrected chi connectivity index (χ2v) is 5.76. The topological polar surface area (TPSA) is 29.9 Å². The number of imidazole rings is 1. The van der Waals surface area contributed by atoms with Crippen LogP contribution in [-0.4, -0.2) is 15.6 Å². The zero-order chi connectivity index (χ0) is 11.7. The maximum Gasteiger partial charge on any atom is 0.203 e. The number of nitrogens with one attached hydrogen (secondary N) is 1. The summed E-state index contributed by atoms with van der Waals surface area (Å²) in [6.45, 7) is 2.37. The van der Waals surface area contributed by atoms with Gasteiger partial charge in [-0.2, -0.15) is 0 Å². The number of rotatable bonds is 3. The molecule has 3 nitrogen and oxygen atoms in total. The molecule has 2 atom stereocenters. The van der Waals surface area contributed by atoms with Gasteiger partial charge in [-0.25, -0.2) is 4.98 Å². The summed E-state index contributed by atoms with van der Waals surface area (Å²) in [6.07, 6.45) is 13.5. The van der Waals surface area contributed by atoms with E-state index in [0.717, 1.165) is 11.9 Å². The van der Waals surface area contributed by atoms with Crippen molar-refractivity contribution in [3.63, 3.8) is 0 Å². The first-order valence-electron chi connectivity index (χ1n) is 7.14. The van der Waals surface area contributed by atoms with Crippen molar-refractivity contribution in [3.05, 3.63) is 12.4 Å². The Morgan fingerprint density at radius 2 is 2.00 bits per heavy atom. The van der Waals surface area contributed by atoms with Crippen molar-refractivity contribution in [1.29, 1.82) is 0 Å². The van der Waals surface area contributed by atoms with Crippen molar-refractivity contribution in [2.75, 3.05) is 5.32 Å². The standard InChI is InChI=1S/C14H23N3/c1-11-5-4-8-13(11)17-10-9-15-14(17)16-12-6-2-3-7-12/h9-13H,2-8H2,1H3,(H,15,16). The Morgan fingerprint density at radius 3 is 2.71 bits per heavy atom. The Bertz CT molecular complexity index is 365. The molecule has 94 valence electrons. The van der Waals surface area contributed by atoms with Gasteiger partial charge in [-0.05, 0) is 31.6 Å². The molecule has 2 fully saturated rings. The van der Waals surface area contributed by atoms with Crippen molar-refractivity contribution in [2.45, 2.75) is 64.0 Å². The van der Waals surface area contributed by atoms with Gasteiger partial charge in [0.05, 0.1) is 0 Å². The fraction of sp³-hybridized carbons (Fsp3) is 0.786. The first-order chi connectivity index (χ1) is 8.34. The third kappa shape index (κ3) is 2.20. The van der Waals surface area contributed by atoms with E-state index in [-0.39, 0.29) is 0 Å². The molecule has 1 heterocycles. The molecule has 2 unspecified atom stereocenters. The van der Waals surface area contributed by atoms with Gasteiger partial charge in [-0.3, -0.25) is 0 Å². The summed E-state index contributed by atoms with van der Waals surface area (Å²) >= 11 is 0. The Balaban J connectivity index is 1.74. The monoisotopic (exact) mass is 233 g/mol. The first kappa shape index (κ1) is 11.1. The van der Waals surface area contributed by atoms with Crippen molar-refractivity contribution < 1.29 is 0 Å². The molecular formula is C14H23N3. The quantitative estimate of drug-likeness (QED) is 0.864. The summed E-state index contributed by atoms with van der Waals surface area (Å²) in [5, 5.41) is 3.64. The van der Waals surface area contributed by atoms with Crippen LogP contribution in [0, 0.1) is 5.92 Å². The molecule has 0 aliphatic heterocycles. The molecule has 2 saturated carbocycles. The SMILES string of the molecule is CC1CCCC1n1ccnc1NC1CCCC1. The van der Waals surface area contributed by atoms with Gasteiger partial charge in [0.15, 0.2) is 0 Å². The van der Waals surface area contributed by atoms with Crippen LogP contribution >= 0.6 is 0 Å². The Morgan fingerprint density at radius 1 is 1.18 bits per heavy atom. The molecule has 1 aromatic heterocycles. The predicted molar refractivity (Wildman–Crippen MR) is 70.2 cm³/mol. The Hall–Kier alpha value is -0.990. The molecule has 0 saturated heterocycles. The van der Waals surface area contributed by atoms with Crippen LogP contribution in [0.1, 0.15) is 57.9 Å². The number of nitrogens with zero attached hydrogens (tertiary/aromatic N) is 2. The number of anilines is 1. The molecule has 3 rings (SSSR count). The first-order valence-corrected chi connectivity index (χ1v) is 7.14. The van der Waals surface area contributed by atoms with Crippen LogP contribution in [0.15, 0.2) is 12.4 Å². The molecule has 3 heteroatoms. The molecule has 1 aromatic rings. The van der Waals surface area contributed by atoms with Crippen LogP contribution in [0.2, 0.25) is 0 Å². The number of hydrogen-bond acceptors (Lipinski definition) is 2. The van der Waals surface area contributed by atoms with Crippen LogP contribution in [0.3, 0.4) is 0 Å². The summed E-state index contributed by atoms with van der Waals surface area (Å²) in [5.41, 5.74) is 0. The van der Waals surface area contributed by atoms with E-state index >= 15 is 0 Å². The molecule has 0 radical (unpaired) electrons. The smallest absolute Gasteiger partial charge is 0.203 e. The average molecular weight is 233 g/mol. The maximum atomic E-state index is 4.51. The van der Waals surface area contributed by atoms with Gasteiger partial charge in [-0.15, -0.1) is 0 Å². The fourth-order valence-corrected chi connectivity index (χ4v) is 3.48. The second kappa shape index (κ2) is 4.71. The van der Waals surface area contributed by atoms with Gasteiger partial charge in [0.25, 0.3) is 0 Å². The highest BCUT2D eigenvalue weighted by Gasteiger charge is 2.27. The van der Waals surface area contributed by atoms with Gasteiger partial charge in [0, 0.05) is 24.5 Å². The van der Waals surface area contributed by atoms with Crippen molar-refractivity contribution in [2.24, 2.45) is 5.92 Å². The predicted octanol–water partition coefficient (Wildman–Crippen LogP) is 3.60. The third-order valence-corrected chi connectivity index (χ3v) is 4.53. The summed E-state index contributed by atoms with van der Waals surface area (Å²) < 4.78 is 2.38. The van der Waals surface area contributed by atoms with Gasteiger partial charge in [0.2, 0.25) is 5.95 Å². The summed E-state index contributed by atoms with van der Waals surface area (Å²) in [4.78, 5) is 4.51. The molecule has 2 aliphatic carbocycles. The highest BCUT2D eigenvalue weighted by molar-refractivity contribution is 5.29. The van der Waals surface area contributed by atoms with E-state index in [1.54, 1.807) is 0 Å². The minimum absolute atomic E-state index is 0.660. The van der Waals surface area contributed by atoms with Gasteiger partial charge in [0.1, 0.15) is 0 Å². The van der Waals surface area contributed by atoms with Crippen molar-refractivity contribution >= 4 is 5.95 Å². The largest absolute Gasteiger partial charge is 0.353 e. The van der Waals surface area contributed by atoms with Crippen LogP contribution in [0.5, 0.6) is 0 Å². The lowest BCUT2D eigenvalue weighted by Crippen LogP contribution is -2.20.